The smallest absolute Gasteiger partial charge is 0.190 e. The van der Waals surface area contributed by atoms with Crippen LogP contribution in [0.1, 0.15) is 58.8 Å². The first-order chi connectivity index (χ1) is 12.5. The Morgan fingerprint density at radius 3 is 2.59 bits per heavy atom. The van der Waals surface area contributed by atoms with Gasteiger partial charge in [0, 0.05) is 17.3 Å². The third kappa shape index (κ3) is 2.21. The van der Waals surface area contributed by atoms with E-state index in [2.05, 4.69) is 22.9 Å². The van der Waals surface area contributed by atoms with E-state index in [0.717, 1.165) is 18.4 Å². The second kappa shape index (κ2) is 5.97. The Hall–Kier alpha value is -0.560. The highest BCUT2D eigenvalue weighted by Crippen LogP contribution is 2.71. The van der Waals surface area contributed by atoms with Crippen LogP contribution in [-0.4, -0.2) is 49.5 Å². The van der Waals surface area contributed by atoms with Crippen LogP contribution in [0.5, 0.6) is 0 Å². The molecule has 5 nitrogen and oxygen atoms in total. The van der Waals surface area contributed by atoms with Crippen LogP contribution in [0.3, 0.4) is 0 Å². The minimum Gasteiger partial charge on any atom is -0.392 e. The van der Waals surface area contributed by atoms with Gasteiger partial charge in [-0.1, -0.05) is 35.4 Å². The second-order valence-corrected chi connectivity index (χ2v) is 10.9. The van der Waals surface area contributed by atoms with Crippen molar-refractivity contribution in [3.8, 4) is 0 Å². The molecule has 0 aliphatic heterocycles. The standard InChI is InChI=1S/C21H29BrO5/c1-18-7-5-13(24)9-12(18)3-4-15-14-6-8-20(27,17(26)11-23)19(14,2)10-16(25)21(15,18)22/h9,14-16,23,25,27H,3-8,10-11H2,1-2H3/t14-,15-,16+,18-,19-,20-,21-/m0/s1. The van der Waals surface area contributed by atoms with Gasteiger partial charge in [-0.05, 0) is 56.4 Å². The first kappa shape index (κ1) is 19.7. The van der Waals surface area contributed by atoms with Gasteiger partial charge in [0.2, 0.25) is 0 Å². The maximum absolute atomic E-state index is 12.4. The monoisotopic (exact) mass is 440 g/mol. The zero-order valence-electron chi connectivity index (χ0n) is 16.0. The number of hydrogen-bond acceptors (Lipinski definition) is 5. The summed E-state index contributed by atoms with van der Waals surface area (Å²) in [5.74, 6) is -0.192. The topological polar surface area (TPSA) is 94.8 Å². The molecule has 7 atom stereocenters. The summed E-state index contributed by atoms with van der Waals surface area (Å²) in [6.07, 6.45) is 5.20. The second-order valence-electron chi connectivity index (χ2n) is 9.61. The first-order valence-electron chi connectivity index (χ1n) is 10.0. The molecule has 0 amide bonds. The van der Waals surface area contributed by atoms with E-state index in [1.165, 1.54) is 0 Å². The van der Waals surface area contributed by atoms with Crippen molar-refractivity contribution in [2.24, 2.45) is 22.7 Å². The maximum Gasteiger partial charge on any atom is 0.190 e. The lowest BCUT2D eigenvalue weighted by atomic mass is 9.45. The molecule has 4 rings (SSSR count). The van der Waals surface area contributed by atoms with Gasteiger partial charge in [0.1, 0.15) is 12.2 Å². The highest BCUT2D eigenvalue weighted by Gasteiger charge is 2.72. The summed E-state index contributed by atoms with van der Waals surface area (Å²) in [7, 11) is 0. The molecule has 0 radical (unpaired) electrons. The third-order valence-electron chi connectivity index (χ3n) is 8.80. The van der Waals surface area contributed by atoms with Crippen LogP contribution in [0.4, 0.5) is 0 Å². The average molecular weight is 441 g/mol. The Morgan fingerprint density at radius 1 is 1.22 bits per heavy atom. The number of allylic oxidation sites excluding steroid dienone is 1. The normalized spacial score (nSPS) is 51.9. The summed E-state index contributed by atoms with van der Waals surface area (Å²) in [6, 6.07) is 0. The zero-order valence-corrected chi connectivity index (χ0v) is 17.6. The van der Waals surface area contributed by atoms with Crippen molar-refractivity contribution in [3.63, 3.8) is 0 Å². The number of carbonyl (C=O) groups is 2. The Balaban J connectivity index is 1.80. The molecule has 0 aromatic rings. The van der Waals surface area contributed by atoms with Crippen molar-refractivity contribution in [1.29, 1.82) is 0 Å². The fraction of sp³-hybridized carbons (Fsp3) is 0.810. The van der Waals surface area contributed by atoms with Crippen molar-refractivity contribution in [3.05, 3.63) is 11.6 Å². The molecule has 0 saturated heterocycles. The Labute approximate surface area is 168 Å². The molecule has 3 N–H and O–H groups in total. The number of halogens is 1. The maximum atomic E-state index is 12.4. The number of alkyl halides is 1. The summed E-state index contributed by atoms with van der Waals surface area (Å²) in [5.41, 5.74) is -1.53. The van der Waals surface area contributed by atoms with Gasteiger partial charge < -0.3 is 15.3 Å². The van der Waals surface area contributed by atoms with Crippen LogP contribution in [0.25, 0.3) is 0 Å². The van der Waals surface area contributed by atoms with Gasteiger partial charge in [-0.15, -0.1) is 0 Å². The molecular formula is C21H29BrO5. The van der Waals surface area contributed by atoms with E-state index < -0.39 is 33.8 Å². The molecule has 0 bridgehead atoms. The average Bonchev–Trinajstić information content (AvgIpc) is 2.88. The molecule has 0 aromatic heterocycles. The lowest BCUT2D eigenvalue weighted by Crippen LogP contribution is -2.68. The zero-order chi connectivity index (χ0) is 19.8. The van der Waals surface area contributed by atoms with Gasteiger partial charge in [0.15, 0.2) is 11.6 Å². The van der Waals surface area contributed by atoms with E-state index in [4.69, 9.17) is 0 Å². The Morgan fingerprint density at radius 2 is 1.93 bits per heavy atom. The number of aliphatic hydroxyl groups is 3. The van der Waals surface area contributed by atoms with E-state index in [-0.39, 0.29) is 23.0 Å². The summed E-state index contributed by atoms with van der Waals surface area (Å²) < 4.78 is -0.567. The van der Waals surface area contributed by atoms with Crippen LogP contribution < -0.4 is 0 Å². The predicted octanol–water partition coefficient (Wildman–Crippen LogP) is 2.30. The summed E-state index contributed by atoms with van der Waals surface area (Å²) in [6.45, 7) is 3.38. The van der Waals surface area contributed by atoms with Gasteiger partial charge in [-0.3, -0.25) is 9.59 Å². The first-order valence-corrected chi connectivity index (χ1v) is 10.8. The van der Waals surface area contributed by atoms with Crippen molar-refractivity contribution >= 4 is 27.5 Å². The molecular weight excluding hydrogens is 412 g/mol. The summed E-state index contributed by atoms with van der Waals surface area (Å²) in [4.78, 5) is 24.4. The lowest BCUT2D eigenvalue weighted by molar-refractivity contribution is -0.174. The van der Waals surface area contributed by atoms with Crippen LogP contribution in [-0.2, 0) is 9.59 Å². The van der Waals surface area contributed by atoms with Crippen molar-refractivity contribution in [1.82, 2.24) is 0 Å². The number of fused-ring (bicyclic) bond motifs is 5. The van der Waals surface area contributed by atoms with Crippen molar-refractivity contribution < 1.29 is 24.9 Å². The van der Waals surface area contributed by atoms with E-state index in [9.17, 15) is 24.9 Å². The van der Waals surface area contributed by atoms with Gasteiger partial charge in [0.25, 0.3) is 0 Å². The molecule has 0 spiro atoms. The minimum atomic E-state index is -1.58. The number of rotatable bonds is 2. The molecule has 0 unspecified atom stereocenters. The molecule has 150 valence electrons. The fourth-order valence-corrected chi connectivity index (χ4v) is 8.33. The number of ketones is 2. The molecule has 27 heavy (non-hydrogen) atoms. The molecule has 4 aliphatic carbocycles. The van der Waals surface area contributed by atoms with E-state index in [0.29, 0.717) is 32.1 Å². The molecule has 3 fully saturated rings. The van der Waals surface area contributed by atoms with Crippen LogP contribution in [0.2, 0.25) is 0 Å². The number of carbonyl (C=O) groups excluding carboxylic acids is 2. The summed E-state index contributed by atoms with van der Waals surface area (Å²) in [5, 5.41) is 32.0. The lowest BCUT2D eigenvalue weighted by Gasteiger charge is -2.65. The van der Waals surface area contributed by atoms with Crippen molar-refractivity contribution in [2.75, 3.05) is 6.61 Å². The Bertz CT molecular complexity index is 734. The number of Topliss-reactive ketones (excluding diaryl/α,β-unsaturated/α-hetero) is 1. The number of aliphatic hydroxyl groups excluding tert-OH is 2. The number of hydrogen-bond donors (Lipinski definition) is 3. The van der Waals surface area contributed by atoms with Gasteiger partial charge >= 0.3 is 0 Å². The van der Waals surface area contributed by atoms with E-state index >= 15 is 0 Å². The van der Waals surface area contributed by atoms with Crippen molar-refractivity contribution in [2.45, 2.75) is 74.8 Å². The SMILES string of the molecule is C[C@]12CCC(=O)C=C1CC[C@H]1[C@@H]3CC[C@](O)(C(=O)CO)[C@@]3(C)C[C@@H](O)[C@@]12Br. The molecule has 0 heterocycles. The third-order valence-corrected chi connectivity index (χ3v) is 10.8. The molecule has 3 saturated carbocycles. The van der Waals surface area contributed by atoms with Crippen LogP contribution in [0.15, 0.2) is 11.6 Å². The van der Waals surface area contributed by atoms with Crippen LogP contribution in [0, 0.1) is 22.7 Å². The van der Waals surface area contributed by atoms with Gasteiger partial charge in [-0.2, -0.15) is 0 Å². The quantitative estimate of drug-likeness (QED) is 0.572. The summed E-state index contributed by atoms with van der Waals surface area (Å²) >= 11 is 3.99. The Kier molecular flexibility index (Phi) is 4.37. The molecule has 6 heteroatoms. The van der Waals surface area contributed by atoms with E-state index in [1.54, 1.807) is 6.08 Å². The fourth-order valence-electron chi connectivity index (χ4n) is 7.16. The largest absolute Gasteiger partial charge is 0.392 e. The predicted molar refractivity (Wildman–Crippen MR) is 103 cm³/mol. The van der Waals surface area contributed by atoms with Crippen LogP contribution >= 0.6 is 15.9 Å². The van der Waals surface area contributed by atoms with Gasteiger partial charge in [0.05, 0.1) is 10.4 Å². The highest BCUT2D eigenvalue weighted by atomic mass is 79.9. The molecule has 0 aromatic carbocycles. The minimum absolute atomic E-state index is 0.0804. The highest BCUT2D eigenvalue weighted by molar-refractivity contribution is 9.10. The van der Waals surface area contributed by atoms with E-state index in [1.807, 2.05) is 6.92 Å². The molecule has 4 aliphatic rings. The van der Waals surface area contributed by atoms with Gasteiger partial charge in [-0.25, -0.2) is 0 Å².